The summed E-state index contributed by atoms with van der Waals surface area (Å²) in [6.45, 7) is 3.65. The van der Waals surface area contributed by atoms with Gasteiger partial charge in [0.15, 0.2) is 0 Å². The van der Waals surface area contributed by atoms with Gasteiger partial charge in [-0.3, -0.25) is 9.59 Å². The Morgan fingerprint density at radius 3 is 2.43 bits per heavy atom. The van der Waals surface area contributed by atoms with Crippen molar-refractivity contribution in [3.05, 3.63) is 57.5 Å². The van der Waals surface area contributed by atoms with Gasteiger partial charge < -0.3 is 9.80 Å². The van der Waals surface area contributed by atoms with Gasteiger partial charge in [0.25, 0.3) is 5.56 Å². The number of carbonyl (C=O) groups is 1. The molecule has 2 aliphatic rings. The second-order valence-corrected chi connectivity index (χ2v) is 7.92. The summed E-state index contributed by atoms with van der Waals surface area (Å²) >= 11 is 0. The first-order valence-electron chi connectivity index (χ1n) is 10.0. The van der Waals surface area contributed by atoms with Gasteiger partial charge in [-0.25, -0.2) is 4.68 Å². The van der Waals surface area contributed by atoms with E-state index in [1.165, 1.54) is 0 Å². The second-order valence-electron chi connectivity index (χ2n) is 7.92. The molecule has 1 saturated heterocycles. The zero-order chi connectivity index (χ0) is 21.5. The Bertz CT molecular complexity index is 1010. The summed E-state index contributed by atoms with van der Waals surface area (Å²) in [5.74, 6) is -0.458. The maximum atomic E-state index is 13.3. The Balaban J connectivity index is 1.47. The average Bonchev–Trinajstić information content (AvgIpc) is 3.54. The van der Waals surface area contributed by atoms with E-state index in [0.717, 1.165) is 30.2 Å². The Labute approximate surface area is 171 Å². The number of nitrogens with zero attached hydrogens (tertiary/aromatic N) is 4. The quantitative estimate of drug-likeness (QED) is 0.763. The first-order valence-corrected chi connectivity index (χ1v) is 10.0. The average molecular weight is 420 g/mol. The first-order chi connectivity index (χ1) is 14.2. The summed E-state index contributed by atoms with van der Waals surface area (Å²) in [7, 11) is 0. The van der Waals surface area contributed by atoms with Crippen molar-refractivity contribution in [2.24, 2.45) is 0 Å². The molecule has 0 radical (unpaired) electrons. The molecule has 0 spiro atoms. The summed E-state index contributed by atoms with van der Waals surface area (Å²) in [6.07, 6.45) is -3.28. The van der Waals surface area contributed by atoms with E-state index in [1.54, 1.807) is 4.90 Å². The number of aromatic nitrogens is 2. The number of alkyl halides is 3. The number of amides is 1. The monoisotopic (exact) mass is 420 g/mol. The third kappa shape index (κ3) is 4.34. The van der Waals surface area contributed by atoms with Crippen LogP contribution >= 0.6 is 0 Å². The van der Waals surface area contributed by atoms with Crippen LogP contribution in [0.3, 0.4) is 0 Å². The van der Waals surface area contributed by atoms with Crippen LogP contribution < -0.4 is 10.5 Å². The topological polar surface area (TPSA) is 58.4 Å². The number of anilines is 1. The first kappa shape index (κ1) is 20.4. The lowest BCUT2D eigenvalue weighted by Gasteiger charge is -2.36. The van der Waals surface area contributed by atoms with Gasteiger partial charge in [-0.05, 0) is 43.5 Å². The highest BCUT2D eigenvalue weighted by Gasteiger charge is 2.38. The minimum Gasteiger partial charge on any atom is -0.368 e. The summed E-state index contributed by atoms with van der Waals surface area (Å²) in [5, 5.41) is 4.06. The summed E-state index contributed by atoms with van der Waals surface area (Å²) in [4.78, 5) is 28.7. The van der Waals surface area contributed by atoms with Crippen molar-refractivity contribution in [3.8, 4) is 0 Å². The van der Waals surface area contributed by atoms with E-state index >= 15 is 0 Å². The van der Waals surface area contributed by atoms with E-state index in [2.05, 4.69) is 16.1 Å². The smallest absolute Gasteiger partial charge is 0.368 e. The molecule has 1 aliphatic heterocycles. The summed E-state index contributed by atoms with van der Waals surface area (Å²) < 4.78 is 40.5. The predicted octanol–water partition coefficient (Wildman–Crippen LogP) is 2.80. The van der Waals surface area contributed by atoms with Gasteiger partial charge in [-0.2, -0.15) is 18.3 Å². The SMILES string of the molecule is Cc1cccc(N2CCN(C(=O)Cn3nc(C4CC4)cc(C(F)(F)F)c3=O)CC2)c1. The maximum Gasteiger partial charge on any atom is 0.421 e. The number of hydrogen-bond donors (Lipinski definition) is 0. The van der Waals surface area contributed by atoms with Crippen molar-refractivity contribution in [3.63, 3.8) is 0 Å². The van der Waals surface area contributed by atoms with Crippen LogP contribution in [0.5, 0.6) is 0 Å². The normalized spacial score (nSPS) is 17.3. The number of rotatable bonds is 4. The molecule has 9 heteroatoms. The summed E-state index contributed by atoms with van der Waals surface area (Å²) in [5.41, 5.74) is -0.0616. The zero-order valence-corrected chi connectivity index (χ0v) is 16.7. The van der Waals surface area contributed by atoms with Crippen molar-refractivity contribution < 1.29 is 18.0 Å². The number of carbonyl (C=O) groups excluding carboxylic acids is 1. The van der Waals surface area contributed by atoms with E-state index < -0.39 is 29.8 Å². The van der Waals surface area contributed by atoms with Crippen molar-refractivity contribution in [1.29, 1.82) is 0 Å². The Morgan fingerprint density at radius 1 is 1.13 bits per heavy atom. The minimum atomic E-state index is -4.77. The molecule has 2 heterocycles. The number of piperazine rings is 1. The highest BCUT2D eigenvalue weighted by atomic mass is 19.4. The predicted molar refractivity (Wildman–Crippen MR) is 105 cm³/mol. The van der Waals surface area contributed by atoms with Crippen LogP contribution in [0.25, 0.3) is 0 Å². The molecular formula is C21H23F3N4O2. The molecule has 0 bridgehead atoms. The fourth-order valence-electron chi connectivity index (χ4n) is 3.72. The van der Waals surface area contributed by atoms with Gasteiger partial charge in [-0.15, -0.1) is 0 Å². The molecule has 1 aromatic heterocycles. The molecule has 4 rings (SSSR count). The minimum absolute atomic E-state index is 0.0640. The van der Waals surface area contributed by atoms with Crippen molar-refractivity contribution in [1.82, 2.24) is 14.7 Å². The van der Waals surface area contributed by atoms with Gasteiger partial charge in [0, 0.05) is 37.8 Å². The van der Waals surface area contributed by atoms with Crippen molar-refractivity contribution in [2.45, 2.75) is 38.4 Å². The second kappa shape index (κ2) is 7.77. The molecule has 0 unspecified atom stereocenters. The molecular weight excluding hydrogens is 397 g/mol. The molecule has 1 saturated carbocycles. The zero-order valence-electron chi connectivity index (χ0n) is 16.7. The molecule has 1 amide bonds. The summed E-state index contributed by atoms with van der Waals surface area (Å²) in [6, 6.07) is 8.91. The molecule has 1 aromatic carbocycles. The number of halogens is 3. The van der Waals surface area contributed by atoms with Gasteiger partial charge in [0.1, 0.15) is 12.1 Å². The number of benzene rings is 1. The number of hydrogen-bond acceptors (Lipinski definition) is 4. The third-order valence-electron chi connectivity index (χ3n) is 5.58. The van der Waals surface area contributed by atoms with Crippen molar-refractivity contribution >= 4 is 11.6 Å². The highest BCUT2D eigenvalue weighted by Crippen LogP contribution is 2.40. The van der Waals surface area contributed by atoms with Crippen LogP contribution in [0.2, 0.25) is 0 Å². The van der Waals surface area contributed by atoms with E-state index in [-0.39, 0.29) is 11.6 Å². The molecule has 1 aliphatic carbocycles. The lowest BCUT2D eigenvalue weighted by Crippen LogP contribution is -2.50. The van der Waals surface area contributed by atoms with Crippen LogP contribution in [0.15, 0.2) is 35.1 Å². The van der Waals surface area contributed by atoms with Crippen LogP contribution in [0.1, 0.15) is 35.6 Å². The standard InChI is InChI=1S/C21H23F3N4O2/c1-14-3-2-4-16(11-14)26-7-9-27(10-8-26)19(29)13-28-20(30)17(21(22,23)24)12-18(25-28)15-5-6-15/h2-4,11-12,15H,5-10,13H2,1H3. The lowest BCUT2D eigenvalue weighted by molar-refractivity contribution is -0.140. The Hall–Kier alpha value is -2.84. The third-order valence-corrected chi connectivity index (χ3v) is 5.58. The van der Waals surface area contributed by atoms with Crippen LogP contribution in [0.4, 0.5) is 18.9 Å². The van der Waals surface area contributed by atoms with Crippen LogP contribution in [0, 0.1) is 6.92 Å². The molecule has 2 fully saturated rings. The van der Waals surface area contributed by atoms with E-state index in [0.29, 0.717) is 30.9 Å². The van der Waals surface area contributed by atoms with Gasteiger partial charge >= 0.3 is 6.18 Å². The fraction of sp³-hybridized carbons (Fsp3) is 0.476. The van der Waals surface area contributed by atoms with Crippen LogP contribution in [-0.4, -0.2) is 46.8 Å². The lowest BCUT2D eigenvalue weighted by atomic mass is 10.2. The largest absolute Gasteiger partial charge is 0.421 e. The molecule has 6 nitrogen and oxygen atoms in total. The number of aryl methyl sites for hydroxylation is 1. The van der Waals surface area contributed by atoms with E-state index in [1.807, 2.05) is 25.1 Å². The molecule has 0 atom stereocenters. The molecule has 160 valence electrons. The molecule has 0 N–H and O–H groups in total. The maximum absolute atomic E-state index is 13.3. The van der Waals surface area contributed by atoms with Gasteiger partial charge in [-0.1, -0.05) is 12.1 Å². The van der Waals surface area contributed by atoms with Crippen molar-refractivity contribution in [2.75, 3.05) is 31.1 Å². The van der Waals surface area contributed by atoms with Gasteiger partial charge in [0.05, 0.1) is 5.69 Å². The Kier molecular flexibility index (Phi) is 5.29. The fourth-order valence-corrected chi connectivity index (χ4v) is 3.72. The van der Waals surface area contributed by atoms with Crippen LogP contribution in [-0.2, 0) is 17.5 Å². The van der Waals surface area contributed by atoms with E-state index in [9.17, 15) is 22.8 Å². The molecule has 2 aromatic rings. The van der Waals surface area contributed by atoms with Gasteiger partial charge in [0.2, 0.25) is 5.91 Å². The Morgan fingerprint density at radius 2 is 1.83 bits per heavy atom. The molecule has 30 heavy (non-hydrogen) atoms. The highest BCUT2D eigenvalue weighted by molar-refractivity contribution is 5.76. The van der Waals surface area contributed by atoms with E-state index in [4.69, 9.17) is 0 Å².